The molecule has 1 aliphatic rings. The minimum absolute atomic E-state index is 0.116. The number of rotatable bonds is 12. The Kier molecular flexibility index (Phi) is 9.57. The molecule has 1 amide bonds. The molecule has 0 aliphatic carbocycles. The molecule has 1 atom stereocenters. The zero-order valence-corrected chi connectivity index (χ0v) is 24.2. The highest BCUT2D eigenvalue weighted by molar-refractivity contribution is 7.17. The number of aryl methyl sites for hydroxylation is 1. The summed E-state index contributed by atoms with van der Waals surface area (Å²) in [5.74, 6) is -1.69. The van der Waals surface area contributed by atoms with Gasteiger partial charge in [-0.25, -0.2) is 9.78 Å². The molecule has 1 aromatic heterocycles. The molecule has 1 N–H and O–H groups in total. The van der Waals surface area contributed by atoms with Gasteiger partial charge in [-0.2, -0.15) is 0 Å². The van der Waals surface area contributed by atoms with E-state index in [0.29, 0.717) is 29.4 Å². The first-order chi connectivity index (χ1) is 19.8. The number of amides is 1. The maximum absolute atomic E-state index is 13.6. The van der Waals surface area contributed by atoms with Crippen LogP contribution in [0.15, 0.2) is 65.9 Å². The van der Waals surface area contributed by atoms with E-state index < -0.39 is 29.5 Å². The van der Waals surface area contributed by atoms with Crippen molar-refractivity contribution in [2.24, 2.45) is 0 Å². The van der Waals surface area contributed by atoms with Crippen molar-refractivity contribution in [3.8, 4) is 11.5 Å². The predicted molar refractivity (Wildman–Crippen MR) is 157 cm³/mol. The van der Waals surface area contributed by atoms with Crippen molar-refractivity contribution in [1.29, 1.82) is 0 Å². The van der Waals surface area contributed by atoms with E-state index in [-0.39, 0.29) is 22.2 Å². The van der Waals surface area contributed by atoms with E-state index in [4.69, 9.17) is 14.2 Å². The van der Waals surface area contributed by atoms with Crippen LogP contribution in [0.1, 0.15) is 59.2 Å². The average molecular weight is 577 g/mol. The maximum atomic E-state index is 13.6. The number of carbonyl (C=O) groups is 3. The van der Waals surface area contributed by atoms with Crippen molar-refractivity contribution in [1.82, 2.24) is 4.98 Å². The quantitative estimate of drug-likeness (QED) is 0.159. The predicted octanol–water partition coefficient (Wildman–Crippen LogP) is 6.00. The molecule has 1 aliphatic heterocycles. The number of anilines is 1. The van der Waals surface area contributed by atoms with Gasteiger partial charge in [0.15, 0.2) is 28.2 Å². The number of hydrogen-bond donors (Lipinski definition) is 1. The number of aromatic nitrogens is 1. The maximum Gasteiger partial charge on any atom is 0.350 e. The van der Waals surface area contributed by atoms with Crippen LogP contribution >= 0.6 is 11.3 Å². The van der Waals surface area contributed by atoms with E-state index in [9.17, 15) is 19.5 Å². The van der Waals surface area contributed by atoms with Crippen LogP contribution in [0.25, 0.3) is 6.08 Å². The number of allylic oxidation sites excluding steroid dienone is 1. The van der Waals surface area contributed by atoms with Crippen LogP contribution in [0.3, 0.4) is 0 Å². The number of unbranched alkanes of at least 4 members (excludes halogenated alkanes) is 1. The van der Waals surface area contributed by atoms with Crippen LogP contribution in [0.2, 0.25) is 0 Å². The number of hydrogen-bond acceptors (Lipinski definition) is 9. The van der Waals surface area contributed by atoms with Gasteiger partial charge in [-0.1, -0.05) is 67.2 Å². The van der Waals surface area contributed by atoms with E-state index in [1.807, 2.05) is 30.3 Å². The number of ether oxygens (including phenoxy) is 3. The lowest BCUT2D eigenvalue weighted by atomic mass is 9.95. The van der Waals surface area contributed by atoms with Crippen LogP contribution in [0.4, 0.5) is 5.13 Å². The van der Waals surface area contributed by atoms with Crippen LogP contribution in [0.5, 0.6) is 11.5 Å². The second-order valence-electron chi connectivity index (χ2n) is 9.19. The Balaban J connectivity index is 1.80. The Morgan fingerprint density at radius 3 is 2.56 bits per heavy atom. The van der Waals surface area contributed by atoms with Crippen LogP contribution in [-0.4, -0.2) is 48.1 Å². The summed E-state index contributed by atoms with van der Waals surface area (Å²) in [6.45, 7) is 6.07. The number of thiazole rings is 1. The smallest absolute Gasteiger partial charge is 0.350 e. The molecule has 0 saturated carbocycles. The minimum Gasteiger partial charge on any atom is -0.503 e. The normalized spacial score (nSPS) is 15.1. The molecule has 0 radical (unpaired) electrons. The fraction of sp³-hybridized carbons (Fsp3) is 0.290. The average Bonchev–Trinajstić information content (AvgIpc) is 3.49. The molecule has 3 aromatic rings. The Bertz CT molecular complexity index is 1490. The lowest BCUT2D eigenvalue weighted by Gasteiger charge is -2.25. The van der Waals surface area contributed by atoms with Crippen molar-refractivity contribution in [2.45, 2.75) is 39.7 Å². The highest BCUT2D eigenvalue weighted by Crippen LogP contribution is 2.45. The number of aliphatic hydroxyl groups is 1. The molecular weight excluding hydrogens is 544 g/mol. The molecule has 2 aromatic carbocycles. The Morgan fingerprint density at radius 2 is 1.88 bits per heavy atom. The first-order valence-corrected chi connectivity index (χ1v) is 14.1. The topological polar surface area (TPSA) is 115 Å². The number of benzene rings is 2. The summed E-state index contributed by atoms with van der Waals surface area (Å²) >= 11 is 0.956. The minimum atomic E-state index is -1.05. The first kappa shape index (κ1) is 29.5. The molecular formula is C31H32N2O7S. The molecule has 2 heterocycles. The van der Waals surface area contributed by atoms with E-state index in [2.05, 4.69) is 11.9 Å². The van der Waals surface area contributed by atoms with E-state index in [1.165, 1.54) is 18.1 Å². The number of nitrogens with zero attached hydrogens (tertiary/aromatic N) is 2. The van der Waals surface area contributed by atoms with Gasteiger partial charge in [0.1, 0.15) is 4.88 Å². The van der Waals surface area contributed by atoms with Gasteiger partial charge in [0.05, 0.1) is 37.6 Å². The van der Waals surface area contributed by atoms with Gasteiger partial charge in [0.25, 0.3) is 5.91 Å². The fourth-order valence-electron chi connectivity index (χ4n) is 4.37. The zero-order chi connectivity index (χ0) is 29.5. The SMILES string of the molecule is CCCCOc1ccc(C2C(C(=O)/C=C/c3ccccc3)=C(O)C(=O)N2c2nc(C)c(C(=O)OCC)s2)cc1OC. The Labute approximate surface area is 242 Å². The van der Waals surface area contributed by atoms with E-state index in [1.54, 1.807) is 38.1 Å². The van der Waals surface area contributed by atoms with Crippen molar-refractivity contribution in [3.63, 3.8) is 0 Å². The second-order valence-corrected chi connectivity index (χ2v) is 10.2. The number of methoxy groups -OCH3 is 1. The van der Waals surface area contributed by atoms with Gasteiger partial charge in [-0.3, -0.25) is 14.5 Å². The molecule has 9 nitrogen and oxygen atoms in total. The van der Waals surface area contributed by atoms with Gasteiger partial charge < -0.3 is 19.3 Å². The Hall–Kier alpha value is -4.44. The Morgan fingerprint density at radius 1 is 1.12 bits per heavy atom. The van der Waals surface area contributed by atoms with Crippen molar-refractivity contribution in [2.75, 3.05) is 25.2 Å². The van der Waals surface area contributed by atoms with Gasteiger partial charge in [-0.05, 0) is 49.6 Å². The molecule has 0 spiro atoms. The molecule has 0 bridgehead atoms. The largest absolute Gasteiger partial charge is 0.503 e. The van der Waals surface area contributed by atoms with Crippen molar-refractivity contribution < 1.29 is 33.7 Å². The summed E-state index contributed by atoms with van der Waals surface area (Å²) in [6, 6.07) is 13.3. The molecule has 1 unspecified atom stereocenters. The molecule has 0 fully saturated rings. The third-order valence-corrected chi connectivity index (χ3v) is 7.55. The van der Waals surface area contributed by atoms with Crippen LogP contribution in [-0.2, 0) is 14.3 Å². The summed E-state index contributed by atoms with van der Waals surface area (Å²) in [6.07, 6.45) is 4.77. The zero-order valence-electron chi connectivity index (χ0n) is 23.4. The highest BCUT2D eigenvalue weighted by Gasteiger charge is 2.45. The third-order valence-electron chi connectivity index (χ3n) is 6.41. The number of ketones is 1. The van der Waals surface area contributed by atoms with Gasteiger partial charge >= 0.3 is 5.97 Å². The van der Waals surface area contributed by atoms with Gasteiger partial charge in [0.2, 0.25) is 0 Å². The lowest BCUT2D eigenvalue weighted by molar-refractivity contribution is -0.117. The molecule has 10 heteroatoms. The molecule has 41 heavy (non-hydrogen) atoms. The van der Waals surface area contributed by atoms with Crippen molar-refractivity contribution in [3.05, 3.63) is 87.6 Å². The fourth-order valence-corrected chi connectivity index (χ4v) is 5.35. The van der Waals surface area contributed by atoms with Crippen molar-refractivity contribution >= 4 is 40.2 Å². The highest BCUT2D eigenvalue weighted by atomic mass is 32.1. The number of carbonyl (C=O) groups excluding carboxylic acids is 3. The van der Waals surface area contributed by atoms with Crippen LogP contribution < -0.4 is 14.4 Å². The molecule has 0 saturated heterocycles. The number of esters is 1. The summed E-state index contributed by atoms with van der Waals surface area (Å²) < 4.78 is 16.6. The van der Waals surface area contributed by atoms with Gasteiger partial charge in [0, 0.05) is 0 Å². The first-order valence-electron chi connectivity index (χ1n) is 13.3. The standard InChI is InChI=1S/C31H32N2O7S/c1-5-7-17-40-23-16-14-21(18-24(23)38-4)26-25(22(34)15-13-20-11-9-8-10-12-20)27(35)29(36)33(26)31-32-19(3)28(41-31)30(37)39-6-2/h8-16,18,26,35H,5-7,17H2,1-4H3/b15-13+. The monoisotopic (exact) mass is 576 g/mol. The summed E-state index contributed by atoms with van der Waals surface area (Å²) in [5, 5.41) is 11.2. The second kappa shape index (κ2) is 13.3. The van der Waals surface area contributed by atoms with E-state index in [0.717, 1.165) is 29.7 Å². The molecule has 4 rings (SSSR count). The summed E-state index contributed by atoms with van der Waals surface area (Å²) in [7, 11) is 1.50. The summed E-state index contributed by atoms with van der Waals surface area (Å²) in [4.78, 5) is 45.5. The van der Waals surface area contributed by atoms with Gasteiger partial charge in [-0.15, -0.1) is 0 Å². The molecule has 214 valence electrons. The summed E-state index contributed by atoms with van der Waals surface area (Å²) in [5.41, 5.74) is 1.53. The van der Waals surface area contributed by atoms with E-state index >= 15 is 0 Å². The van der Waals surface area contributed by atoms with Crippen LogP contribution in [0, 0.1) is 6.92 Å². The lowest BCUT2D eigenvalue weighted by Crippen LogP contribution is -2.30. The number of aliphatic hydroxyl groups excluding tert-OH is 1. The third kappa shape index (κ3) is 6.33.